The van der Waals surface area contributed by atoms with E-state index in [0.29, 0.717) is 17.1 Å². The quantitative estimate of drug-likeness (QED) is 0.129. The molecule has 4 aromatic rings. The molecule has 0 aromatic heterocycles. The van der Waals surface area contributed by atoms with E-state index in [0.717, 1.165) is 28.8 Å². The van der Waals surface area contributed by atoms with E-state index < -0.39 is 0 Å². The van der Waals surface area contributed by atoms with Gasteiger partial charge in [0.15, 0.2) is 6.29 Å². The summed E-state index contributed by atoms with van der Waals surface area (Å²) in [6, 6.07) is 43.3. The van der Waals surface area contributed by atoms with Crippen LogP contribution in [0, 0.1) is 0 Å². The number of thioether (sulfide) groups is 4. The Labute approximate surface area is 269 Å². The molecular weight excluding hydrogens is 593 g/mol. The SMILES string of the molecule is CCO[C@H]1O[C@H](CSCc2ccccc2)[C@@H](SCc2ccccc2)[C@H](SCc2ccccc2)[C@@H]1SCc1ccccc1. The number of hydrogen-bond acceptors (Lipinski definition) is 6. The smallest absolute Gasteiger partial charge is 0.170 e. The van der Waals surface area contributed by atoms with Crippen LogP contribution in [-0.4, -0.2) is 40.5 Å². The molecule has 42 heavy (non-hydrogen) atoms. The lowest BCUT2D eigenvalue weighted by molar-refractivity contribution is -0.177. The van der Waals surface area contributed by atoms with E-state index in [1.807, 2.05) is 23.5 Å². The van der Waals surface area contributed by atoms with Gasteiger partial charge in [0, 0.05) is 45.9 Å². The lowest BCUT2D eigenvalue weighted by Crippen LogP contribution is -2.55. The van der Waals surface area contributed by atoms with E-state index in [1.165, 1.54) is 22.3 Å². The second-order valence-corrected chi connectivity index (χ2v) is 14.8. The lowest BCUT2D eigenvalue weighted by Gasteiger charge is -2.46. The maximum absolute atomic E-state index is 6.95. The van der Waals surface area contributed by atoms with Gasteiger partial charge in [0.2, 0.25) is 0 Å². The largest absolute Gasteiger partial charge is 0.352 e. The average Bonchev–Trinajstić information content (AvgIpc) is 3.05. The summed E-state index contributed by atoms with van der Waals surface area (Å²) in [7, 11) is 0. The second-order valence-electron chi connectivity index (χ2n) is 10.3. The van der Waals surface area contributed by atoms with E-state index >= 15 is 0 Å². The maximum Gasteiger partial charge on any atom is 0.170 e. The van der Waals surface area contributed by atoms with Gasteiger partial charge < -0.3 is 9.47 Å². The van der Waals surface area contributed by atoms with Crippen molar-refractivity contribution in [2.45, 2.75) is 58.1 Å². The van der Waals surface area contributed by atoms with Crippen LogP contribution in [0.1, 0.15) is 29.2 Å². The molecule has 220 valence electrons. The molecule has 0 N–H and O–H groups in total. The van der Waals surface area contributed by atoms with Gasteiger partial charge in [-0.2, -0.15) is 23.5 Å². The highest BCUT2D eigenvalue weighted by Gasteiger charge is 2.47. The third kappa shape index (κ3) is 9.60. The van der Waals surface area contributed by atoms with Crippen LogP contribution in [0.3, 0.4) is 0 Å². The molecule has 2 nitrogen and oxygen atoms in total. The van der Waals surface area contributed by atoms with E-state index in [4.69, 9.17) is 9.47 Å². The fourth-order valence-corrected chi connectivity index (χ4v) is 11.1. The molecule has 0 amide bonds. The van der Waals surface area contributed by atoms with Gasteiger partial charge in [0.1, 0.15) is 0 Å². The molecule has 0 saturated carbocycles. The summed E-state index contributed by atoms with van der Waals surface area (Å²) in [4.78, 5) is 0. The van der Waals surface area contributed by atoms with Crippen LogP contribution in [0.25, 0.3) is 0 Å². The molecule has 6 heteroatoms. The molecule has 1 saturated heterocycles. The Bertz CT molecular complexity index is 1280. The van der Waals surface area contributed by atoms with Crippen LogP contribution in [0.15, 0.2) is 121 Å². The summed E-state index contributed by atoms with van der Waals surface area (Å²) < 4.78 is 13.3. The zero-order valence-corrected chi connectivity index (χ0v) is 27.4. The first-order valence-electron chi connectivity index (χ1n) is 14.7. The normalized spacial score (nSPS) is 22.2. The minimum atomic E-state index is -0.229. The molecule has 5 atom stereocenters. The molecular formula is C36H40O2S4. The van der Waals surface area contributed by atoms with Crippen LogP contribution in [0.5, 0.6) is 0 Å². The Morgan fingerprint density at radius 2 is 0.929 bits per heavy atom. The Hall–Kier alpha value is -1.80. The molecule has 0 bridgehead atoms. The highest BCUT2D eigenvalue weighted by molar-refractivity contribution is 8.05. The minimum absolute atomic E-state index is 0.103. The zero-order valence-electron chi connectivity index (χ0n) is 24.1. The Morgan fingerprint density at radius 1 is 0.524 bits per heavy atom. The first kappa shape index (κ1) is 31.6. The standard InChI is InChI=1S/C36H40O2S4/c1-2-37-36-35(42-26-31-21-13-6-14-22-31)34(41-25-30-19-11-5-12-20-30)33(40-24-29-17-9-4-10-18-29)32(38-36)27-39-23-28-15-7-3-8-16-28/h3-22,32-36H,2,23-27H2,1H3/t32-,33-,34+,35+,36+/m1/s1. The van der Waals surface area contributed by atoms with E-state index in [-0.39, 0.29) is 17.6 Å². The van der Waals surface area contributed by atoms with Crippen LogP contribution in [0.2, 0.25) is 0 Å². The predicted molar refractivity (Wildman–Crippen MR) is 187 cm³/mol. The zero-order chi connectivity index (χ0) is 28.8. The first-order chi connectivity index (χ1) is 20.8. The van der Waals surface area contributed by atoms with Crippen molar-refractivity contribution in [3.05, 3.63) is 144 Å². The summed E-state index contributed by atoms with van der Waals surface area (Å²) in [6.45, 7) is 2.73. The maximum atomic E-state index is 6.95. The molecule has 1 aliphatic heterocycles. The van der Waals surface area contributed by atoms with Crippen molar-refractivity contribution in [1.29, 1.82) is 0 Å². The van der Waals surface area contributed by atoms with Crippen molar-refractivity contribution in [3.8, 4) is 0 Å². The summed E-state index contributed by atoms with van der Waals surface area (Å²) >= 11 is 8.13. The lowest BCUT2D eigenvalue weighted by atomic mass is 10.1. The summed E-state index contributed by atoms with van der Waals surface area (Å²) in [5.41, 5.74) is 5.44. The van der Waals surface area contributed by atoms with Crippen LogP contribution < -0.4 is 0 Å². The number of benzene rings is 4. The van der Waals surface area contributed by atoms with Crippen molar-refractivity contribution in [2.75, 3.05) is 12.4 Å². The second kappa shape index (κ2) is 17.5. The van der Waals surface area contributed by atoms with E-state index in [1.54, 1.807) is 0 Å². The van der Waals surface area contributed by atoms with Gasteiger partial charge in [-0.1, -0.05) is 121 Å². The number of rotatable bonds is 15. The third-order valence-corrected chi connectivity index (χ3v) is 13.0. The minimum Gasteiger partial charge on any atom is -0.352 e. The van der Waals surface area contributed by atoms with Crippen LogP contribution >= 0.6 is 47.0 Å². The highest BCUT2D eigenvalue weighted by atomic mass is 32.2. The highest BCUT2D eigenvalue weighted by Crippen LogP contribution is 2.45. The van der Waals surface area contributed by atoms with Gasteiger partial charge in [-0.3, -0.25) is 0 Å². The molecule has 1 fully saturated rings. The van der Waals surface area contributed by atoms with Crippen molar-refractivity contribution in [2.24, 2.45) is 0 Å². The third-order valence-electron chi connectivity index (χ3n) is 7.17. The monoisotopic (exact) mass is 632 g/mol. The van der Waals surface area contributed by atoms with E-state index in [2.05, 4.69) is 152 Å². The molecule has 0 unspecified atom stereocenters. The fourth-order valence-electron chi connectivity index (χ4n) is 5.05. The number of hydrogen-bond donors (Lipinski definition) is 0. The van der Waals surface area contributed by atoms with Crippen molar-refractivity contribution < 1.29 is 9.47 Å². The van der Waals surface area contributed by atoms with Crippen LogP contribution in [-0.2, 0) is 32.5 Å². The fraction of sp³-hybridized carbons (Fsp3) is 0.333. The van der Waals surface area contributed by atoms with Gasteiger partial charge in [-0.05, 0) is 29.2 Å². The summed E-state index contributed by atoms with van der Waals surface area (Å²) in [5.74, 6) is 4.85. The Balaban J connectivity index is 1.40. The van der Waals surface area contributed by atoms with E-state index in [9.17, 15) is 0 Å². The molecule has 0 aliphatic carbocycles. The molecule has 1 heterocycles. The van der Waals surface area contributed by atoms with Gasteiger partial charge in [0.25, 0.3) is 0 Å². The topological polar surface area (TPSA) is 18.5 Å². The Morgan fingerprint density at radius 3 is 1.38 bits per heavy atom. The van der Waals surface area contributed by atoms with Crippen LogP contribution in [0.4, 0.5) is 0 Å². The van der Waals surface area contributed by atoms with Crippen molar-refractivity contribution in [1.82, 2.24) is 0 Å². The predicted octanol–water partition coefficient (Wildman–Crippen LogP) is 9.59. The first-order valence-corrected chi connectivity index (χ1v) is 19.0. The molecule has 1 aliphatic rings. The number of ether oxygens (including phenoxy) is 2. The molecule has 0 spiro atoms. The van der Waals surface area contributed by atoms with Gasteiger partial charge in [0.05, 0.1) is 11.4 Å². The average molecular weight is 633 g/mol. The van der Waals surface area contributed by atoms with Gasteiger partial charge in [-0.15, -0.1) is 23.5 Å². The molecule has 5 rings (SSSR count). The van der Waals surface area contributed by atoms with Crippen molar-refractivity contribution >= 4 is 47.0 Å². The Kier molecular flexibility index (Phi) is 13.2. The van der Waals surface area contributed by atoms with Gasteiger partial charge in [-0.25, -0.2) is 0 Å². The summed E-state index contributed by atoms with van der Waals surface area (Å²) in [6.07, 6.45) is -0.126. The molecule has 0 radical (unpaired) electrons. The van der Waals surface area contributed by atoms with Crippen molar-refractivity contribution in [3.63, 3.8) is 0 Å². The molecule has 4 aromatic carbocycles. The van der Waals surface area contributed by atoms with Gasteiger partial charge >= 0.3 is 0 Å². The summed E-state index contributed by atoms with van der Waals surface area (Å²) in [5, 5.41) is 0.940.